The smallest absolute Gasteiger partial charge is 0.328 e. The number of ether oxygens (including phenoxy) is 1. The number of rotatable bonds is 6. The average Bonchev–Trinajstić information content (AvgIpc) is 3.07. The van der Waals surface area contributed by atoms with E-state index in [9.17, 15) is 4.79 Å². The molecule has 0 bridgehead atoms. The monoisotopic (exact) mass is 404 g/mol. The molecule has 138 valence electrons. The van der Waals surface area contributed by atoms with Crippen LogP contribution in [0.5, 0.6) is 5.75 Å². The van der Waals surface area contributed by atoms with Crippen molar-refractivity contribution in [2.24, 2.45) is 7.05 Å². The van der Waals surface area contributed by atoms with Gasteiger partial charge in [-0.2, -0.15) is 0 Å². The number of aryl methyl sites for hydroxylation is 1. The van der Waals surface area contributed by atoms with Crippen molar-refractivity contribution >= 4 is 35.2 Å². The molecule has 0 saturated carbocycles. The van der Waals surface area contributed by atoms with Crippen LogP contribution in [0.2, 0.25) is 10.0 Å². The van der Waals surface area contributed by atoms with Crippen LogP contribution in [-0.4, -0.2) is 31.3 Å². The van der Waals surface area contributed by atoms with Crippen LogP contribution in [-0.2, 0) is 18.4 Å². The van der Waals surface area contributed by atoms with Gasteiger partial charge in [0.1, 0.15) is 12.4 Å². The maximum absolute atomic E-state index is 10.8. The number of aliphatic carboxylic acids is 1. The highest BCUT2D eigenvalue weighted by Crippen LogP contribution is 2.28. The van der Waals surface area contributed by atoms with Crippen LogP contribution in [0.4, 0.5) is 0 Å². The first kappa shape index (κ1) is 18.9. The summed E-state index contributed by atoms with van der Waals surface area (Å²) in [6.45, 7) is 0.289. The molecule has 27 heavy (non-hydrogen) atoms. The number of nitrogens with zero attached hydrogens (tertiary/aromatic N) is 4. The zero-order chi connectivity index (χ0) is 19.4. The normalized spacial score (nSPS) is 11.1. The van der Waals surface area contributed by atoms with Gasteiger partial charge in [0.2, 0.25) is 0 Å². The lowest BCUT2D eigenvalue weighted by Crippen LogP contribution is -1.99. The number of benzene rings is 2. The van der Waals surface area contributed by atoms with Crippen LogP contribution < -0.4 is 4.74 Å². The number of carboxylic acid groups (broad SMARTS) is 1. The molecule has 0 fully saturated rings. The summed E-state index contributed by atoms with van der Waals surface area (Å²) >= 11 is 11.9. The Bertz CT molecular complexity index is 1020. The average molecular weight is 405 g/mol. The first-order chi connectivity index (χ1) is 12.9. The zero-order valence-electron chi connectivity index (χ0n) is 14.1. The Labute approximate surface area is 164 Å². The molecular formula is C18H14Cl2N4O3. The van der Waals surface area contributed by atoms with Gasteiger partial charge in [0, 0.05) is 18.7 Å². The van der Waals surface area contributed by atoms with Gasteiger partial charge in [-0.25, -0.2) is 9.48 Å². The van der Waals surface area contributed by atoms with E-state index in [4.69, 9.17) is 33.0 Å². The molecule has 0 aliphatic heterocycles. The van der Waals surface area contributed by atoms with Gasteiger partial charge in [-0.05, 0) is 51.9 Å². The Hall–Kier alpha value is -2.90. The van der Waals surface area contributed by atoms with E-state index in [1.54, 1.807) is 37.4 Å². The van der Waals surface area contributed by atoms with Gasteiger partial charge in [0.15, 0.2) is 5.82 Å². The number of carbonyl (C=O) groups is 1. The summed E-state index contributed by atoms with van der Waals surface area (Å²) in [5.74, 6) is 0.0172. The van der Waals surface area contributed by atoms with Gasteiger partial charge >= 0.3 is 5.97 Å². The standard InChI is InChI=1S/C18H14Cl2N4O3/c1-24-18(21-22-23-24)14-9-13(5-3-12(14)4-7-17(25)26)27-10-11-2-6-15(19)16(20)8-11/h2-9H,10H2,1H3,(H,25,26)/b7-4+. The van der Waals surface area contributed by atoms with Crippen molar-refractivity contribution in [1.82, 2.24) is 20.2 Å². The van der Waals surface area contributed by atoms with Gasteiger partial charge in [0.05, 0.1) is 10.0 Å². The van der Waals surface area contributed by atoms with Gasteiger partial charge < -0.3 is 9.84 Å². The van der Waals surface area contributed by atoms with Crippen molar-refractivity contribution < 1.29 is 14.6 Å². The van der Waals surface area contributed by atoms with Crippen LogP contribution in [0.3, 0.4) is 0 Å². The first-order valence-electron chi connectivity index (χ1n) is 7.78. The van der Waals surface area contributed by atoms with E-state index in [1.807, 2.05) is 6.07 Å². The summed E-state index contributed by atoms with van der Waals surface area (Å²) in [6.07, 6.45) is 2.54. The van der Waals surface area contributed by atoms with Gasteiger partial charge in [-0.1, -0.05) is 35.3 Å². The third-order valence-corrected chi connectivity index (χ3v) is 4.42. The van der Waals surface area contributed by atoms with Crippen molar-refractivity contribution in [2.45, 2.75) is 6.61 Å². The lowest BCUT2D eigenvalue weighted by molar-refractivity contribution is -0.131. The Kier molecular flexibility index (Phi) is 5.73. The molecule has 1 heterocycles. The molecule has 0 atom stereocenters. The summed E-state index contributed by atoms with van der Waals surface area (Å²) in [7, 11) is 1.70. The highest BCUT2D eigenvalue weighted by Gasteiger charge is 2.12. The minimum atomic E-state index is -1.04. The van der Waals surface area contributed by atoms with E-state index in [0.717, 1.165) is 11.6 Å². The van der Waals surface area contributed by atoms with Gasteiger partial charge in [-0.3, -0.25) is 0 Å². The van der Waals surface area contributed by atoms with E-state index in [1.165, 1.54) is 10.8 Å². The lowest BCUT2D eigenvalue weighted by Gasteiger charge is -2.11. The molecule has 9 heteroatoms. The predicted octanol–water partition coefficient (Wildman–Crippen LogP) is 3.86. The topological polar surface area (TPSA) is 90.1 Å². The van der Waals surface area contributed by atoms with E-state index < -0.39 is 5.97 Å². The number of aromatic nitrogens is 4. The molecule has 0 unspecified atom stereocenters. The highest BCUT2D eigenvalue weighted by atomic mass is 35.5. The van der Waals surface area contributed by atoms with E-state index in [-0.39, 0.29) is 6.61 Å². The minimum absolute atomic E-state index is 0.289. The van der Waals surface area contributed by atoms with Crippen LogP contribution in [0, 0.1) is 0 Å². The first-order valence-corrected chi connectivity index (χ1v) is 8.54. The van der Waals surface area contributed by atoms with Crippen molar-refractivity contribution in [2.75, 3.05) is 0 Å². The number of hydrogen-bond donors (Lipinski definition) is 1. The fourth-order valence-electron chi connectivity index (χ4n) is 2.38. The van der Waals surface area contributed by atoms with Crippen molar-refractivity contribution in [1.29, 1.82) is 0 Å². The van der Waals surface area contributed by atoms with Crippen LogP contribution in [0.25, 0.3) is 17.5 Å². The van der Waals surface area contributed by atoms with Crippen molar-refractivity contribution in [3.8, 4) is 17.1 Å². The van der Waals surface area contributed by atoms with E-state index in [0.29, 0.717) is 32.7 Å². The van der Waals surface area contributed by atoms with Gasteiger partial charge in [-0.15, -0.1) is 5.10 Å². The summed E-state index contributed by atoms with van der Waals surface area (Å²) in [4.78, 5) is 10.8. The Balaban J connectivity index is 1.89. The summed E-state index contributed by atoms with van der Waals surface area (Å²) in [5.41, 5.74) is 2.16. The van der Waals surface area contributed by atoms with Gasteiger partial charge in [0.25, 0.3) is 0 Å². The van der Waals surface area contributed by atoms with Crippen LogP contribution >= 0.6 is 23.2 Å². The molecule has 0 aliphatic carbocycles. The van der Waals surface area contributed by atoms with Crippen LogP contribution in [0.15, 0.2) is 42.5 Å². The Morgan fingerprint density at radius 2 is 2.04 bits per heavy atom. The second-order valence-electron chi connectivity index (χ2n) is 5.58. The number of carboxylic acids is 1. The van der Waals surface area contributed by atoms with Crippen LogP contribution in [0.1, 0.15) is 11.1 Å². The second kappa shape index (κ2) is 8.20. The maximum atomic E-state index is 10.8. The summed E-state index contributed by atoms with van der Waals surface area (Å²) < 4.78 is 7.32. The third kappa shape index (κ3) is 4.64. The van der Waals surface area contributed by atoms with E-state index in [2.05, 4.69) is 15.5 Å². The molecule has 0 spiro atoms. The largest absolute Gasteiger partial charge is 0.489 e. The number of hydrogen-bond acceptors (Lipinski definition) is 5. The van der Waals surface area contributed by atoms with E-state index >= 15 is 0 Å². The fraction of sp³-hybridized carbons (Fsp3) is 0.111. The molecule has 3 rings (SSSR count). The lowest BCUT2D eigenvalue weighted by atomic mass is 10.1. The Morgan fingerprint density at radius 1 is 1.22 bits per heavy atom. The molecule has 1 N–H and O–H groups in total. The molecule has 3 aromatic rings. The summed E-state index contributed by atoms with van der Waals surface area (Å²) in [6, 6.07) is 10.5. The molecule has 1 aromatic heterocycles. The zero-order valence-corrected chi connectivity index (χ0v) is 15.6. The molecule has 0 amide bonds. The highest BCUT2D eigenvalue weighted by molar-refractivity contribution is 6.42. The van der Waals surface area contributed by atoms with Crippen molar-refractivity contribution in [3.63, 3.8) is 0 Å². The fourth-order valence-corrected chi connectivity index (χ4v) is 2.70. The molecule has 0 radical (unpaired) electrons. The molecule has 7 nitrogen and oxygen atoms in total. The molecular weight excluding hydrogens is 391 g/mol. The second-order valence-corrected chi connectivity index (χ2v) is 6.40. The molecule has 0 saturated heterocycles. The summed E-state index contributed by atoms with van der Waals surface area (Å²) in [5, 5.41) is 21.3. The third-order valence-electron chi connectivity index (χ3n) is 3.68. The predicted molar refractivity (Wildman–Crippen MR) is 102 cm³/mol. The quantitative estimate of drug-likeness (QED) is 0.627. The molecule has 0 aliphatic rings. The number of tetrazole rings is 1. The Morgan fingerprint density at radius 3 is 2.70 bits per heavy atom. The van der Waals surface area contributed by atoms with Crippen molar-refractivity contribution in [3.05, 3.63) is 63.6 Å². The number of halogens is 2. The maximum Gasteiger partial charge on any atom is 0.328 e. The minimum Gasteiger partial charge on any atom is -0.489 e. The molecule has 2 aromatic carbocycles. The SMILES string of the molecule is Cn1nnnc1-c1cc(OCc2ccc(Cl)c(Cl)c2)ccc1/C=C/C(=O)O.